The first-order valence-corrected chi connectivity index (χ1v) is 7.05. The van der Waals surface area contributed by atoms with Crippen LogP contribution in [-0.4, -0.2) is 5.11 Å². The van der Waals surface area contributed by atoms with Crippen LogP contribution in [0.25, 0.3) is 0 Å². The lowest BCUT2D eigenvalue weighted by Gasteiger charge is -2.15. The number of ether oxygens (including phenoxy) is 1. The molecule has 0 radical (unpaired) electrons. The highest BCUT2D eigenvalue weighted by atomic mass is 35.5. The predicted molar refractivity (Wildman–Crippen MR) is 81.1 cm³/mol. The second-order valence-corrected chi connectivity index (χ2v) is 5.11. The van der Waals surface area contributed by atoms with Crippen molar-refractivity contribution in [2.75, 3.05) is 0 Å². The van der Waals surface area contributed by atoms with Crippen LogP contribution in [0.2, 0.25) is 5.02 Å². The molecule has 0 aliphatic heterocycles. The lowest BCUT2D eigenvalue weighted by atomic mass is 10.0. The van der Waals surface area contributed by atoms with E-state index in [2.05, 4.69) is 0 Å². The van der Waals surface area contributed by atoms with Crippen molar-refractivity contribution in [2.24, 2.45) is 5.73 Å². The van der Waals surface area contributed by atoms with Crippen LogP contribution in [0, 0.1) is 5.82 Å². The lowest BCUT2D eigenvalue weighted by Crippen LogP contribution is -2.11. The Morgan fingerprint density at radius 1 is 1.33 bits per heavy atom. The lowest BCUT2D eigenvalue weighted by molar-refractivity contribution is 0.281. The zero-order valence-corrected chi connectivity index (χ0v) is 12.4. The fourth-order valence-corrected chi connectivity index (χ4v) is 2.16. The molecule has 1 atom stereocenters. The molecule has 2 aromatic rings. The summed E-state index contributed by atoms with van der Waals surface area (Å²) >= 11 is 6.02. The van der Waals surface area contributed by atoms with Crippen LogP contribution < -0.4 is 10.5 Å². The Kier molecular flexibility index (Phi) is 5.17. The summed E-state index contributed by atoms with van der Waals surface area (Å²) in [6.45, 7) is 1.76. The van der Waals surface area contributed by atoms with Crippen LogP contribution >= 0.6 is 11.6 Å². The first-order chi connectivity index (χ1) is 10.1. The highest BCUT2D eigenvalue weighted by Gasteiger charge is 2.18. The topological polar surface area (TPSA) is 55.5 Å². The van der Waals surface area contributed by atoms with E-state index in [0.29, 0.717) is 23.3 Å². The van der Waals surface area contributed by atoms with Gasteiger partial charge in [0, 0.05) is 11.6 Å². The second kappa shape index (κ2) is 6.89. The number of nitrogens with two attached hydrogens (primary N) is 1. The molecule has 0 fully saturated rings. The van der Waals surface area contributed by atoms with E-state index in [1.165, 1.54) is 0 Å². The SMILES string of the molecule is CC[C@H](N)c1ccc(Cl)c(Oc2cccc(CO)c2)c1F. The zero-order chi connectivity index (χ0) is 15.4. The Morgan fingerprint density at radius 2 is 2.10 bits per heavy atom. The molecule has 0 saturated carbocycles. The molecule has 0 spiro atoms. The normalized spacial score (nSPS) is 12.2. The Labute approximate surface area is 128 Å². The highest BCUT2D eigenvalue weighted by molar-refractivity contribution is 6.32. The molecule has 2 aromatic carbocycles. The standard InChI is InChI=1S/C16H17ClFNO2/c1-2-14(19)12-6-7-13(17)16(15(12)18)21-11-5-3-4-10(8-11)9-20/h3-8,14,20H,2,9,19H2,1H3/t14-/m0/s1. The van der Waals surface area contributed by atoms with Gasteiger partial charge in [-0.3, -0.25) is 0 Å². The molecule has 0 aromatic heterocycles. The van der Waals surface area contributed by atoms with E-state index < -0.39 is 11.9 Å². The van der Waals surface area contributed by atoms with Gasteiger partial charge in [0.25, 0.3) is 0 Å². The van der Waals surface area contributed by atoms with Gasteiger partial charge < -0.3 is 15.6 Å². The molecule has 0 bridgehead atoms. The molecule has 3 nitrogen and oxygen atoms in total. The van der Waals surface area contributed by atoms with Gasteiger partial charge in [-0.05, 0) is 30.2 Å². The Hall–Kier alpha value is -1.62. The summed E-state index contributed by atoms with van der Waals surface area (Å²) in [5, 5.41) is 9.29. The molecule has 3 N–H and O–H groups in total. The molecule has 21 heavy (non-hydrogen) atoms. The minimum absolute atomic E-state index is 0.0480. The van der Waals surface area contributed by atoms with E-state index in [4.69, 9.17) is 27.2 Å². The maximum atomic E-state index is 14.5. The Balaban J connectivity index is 2.38. The van der Waals surface area contributed by atoms with E-state index >= 15 is 0 Å². The molecule has 0 unspecified atom stereocenters. The number of halogens is 2. The fraction of sp³-hybridized carbons (Fsp3) is 0.250. The van der Waals surface area contributed by atoms with E-state index in [1.54, 1.807) is 36.4 Å². The van der Waals surface area contributed by atoms with Crippen molar-refractivity contribution in [3.05, 3.63) is 58.4 Å². The smallest absolute Gasteiger partial charge is 0.181 e. The van der Waals surface area contributed by atoms with Gasteiger partial charge >= 0.3 is 0 Å². The maximum Gasteiger partial charge on any atom is 0.181 e. The zero-order valence-electron chi connectivity index (χ0n) is 11.6. The summed E-state index contributed by atoms with van der Waals surface area (Å²) in [6, 6.07) is 9.49. The van der Waals surface area contributed by atoms with Crippen LogP contribution in [0.4, 0.5) is 4.39 Å². The summed E-state index contributed by atoms with van der Waals surface area (Å²) in [4.78, 5) is 0. The molecule has 2 rings (SSSR count). The number of benzene rings is 2. The van der Waals surface area contributed by atoms with Crippen molar-refractivity contribution >= 4 is 11.6 Å². The van der Waals surface area contributed by atoms with Crippen molar-refractivity contribution in [1.82, 2.24) is 0 Å². The van der Waals surface area contributed by atoms with Crippen LogP contribution in [-0.2, 0) is 6.61 Å². The van der Waals surface area contributed by atoms with Crippen molar-refractivity contribution < 1.29 is 14.2 Å². The quantitative estimate of drug-likeness (QED) is 0.871. The van der Waals surface area contributed by atoms with Gasteiger partial charge in [0.15, 0.2) is 11.6 Å². The summed E-state index contributed by atoms with van der Waals surface area (Å²) in [7, 11) is 0. The van der Waals surface area contributed by atoms with Crippen LogP contribution in [0.15, 0.2) is 36.4 Å². The van der Waals surface area contributed by atoms with Gasteiger partial charge in [0.05, 0.1) is 11.6 Å². The maximum absolute atomic E-state index is 14.5. The molecular formula is C16H17ClFNO2. The number of aliphatic hydroxyl groups excluding tert-OH is 1. The van der Waals surface area contributed by atoms with Crippen molar-refractivity contribution in [3.8, 4) is 11.5 Å². The van der Waals surface area contributed by atoms with E-state index in [0.717, 1.165) is 0 Å². The minimum atomic E-state index is -0.550. The third-order valence-electron chi connectivity index (χ3n) is 3.22. The first kappa shape index (κ1) is 15.8. The summed E-state index contributed by atoms with van der Waals surface area (Å²) in [5.41, 5.74) is 6.92. The first-order valence-electron chi connectivity index (χ1n) is 6.68. The molecule has 0 saturated heterocycles. The Bertz CT molecular complexity index is 634. The minimum Gasteiger partial charge on any atom is -0.453 e. The van der Waals surface area contributed by atoms with E-state index in [9.17, 15) is 4.39 Å². The van der Waals surface area contributed by atoms with Gasteiger partial charge in [-0.25, -0.2) is 4.39 Å². The van der Waals surface area contributed by atoms with Crippen LogP contribution in [0.5, 0.6) is 11.5 Å². The summed E-state index contributed by atoms with van der Waals surface area (Å²) in [5.74, 6) is -0.191. The molecule has 0 heterocycles. The number of hydrogen-bond donors (Lipinski definition) is 2. The third kappa shape index (κ3) is 3.53. The number of rotatable bonds is 5. The van der Waals surface area contributed by atoms with Gasteiger partial charge in [-0.2, -0.15) is 0 Å². The van der Waals surface area contributed by atoms with Crippen molar-refractivity contribution in [3.63, 3.8) is 0 Å². The monoisotopic (exact) mass is 309 g/mol. The average Bonchev–Trinajstić information content (AvgIpc) is 2.51. The molecule has 0 aliphatic carbocycles. The van der Waals surface area contributed by atoms with E-state index in [-0.39, 0.29) is 17.4 Å². The molecule has 0 amide bonds. The largest absolute Gasteiger partial charge is 0.453 e. The second-order valence-electron chi connectivity index (χ2n) is 4.70. The number of aliphatic hydroxyl groups is 1. The number of hydrogen-bond acceptors (Lipinski definition) is 3. The van der Waals surface area contributed by atoms with E-state index in [1.807, 2.05) is 6.92 Å². The third-order valence-corrected chi connectivity index (χ3v) is 3.52. The van der Waals surface area contributed by atoms with Gasteiger partial charge in [0.2, 0.25) is 0 Å². The molecule has 5 heteroatoms. The average molecular weight is 310 g/mol. The van der Waals surface area contributed by atoms with Gasteiger partial charge in [0.1, 0.15) is 5.75 Å². The molecule has 0 aliphatic rings. The summed E-state index contributed by atoms with van der Waals surface area (Å²) < 4.78 is 20.0. The molecular weight excluding hydrogens is 293 g/mol. The van der Waals surface area contributed by atoms with Crippen LogP contribution in [0.3, 0.4) is 0 Å². The van der Waals surface area contributed by atoms with Gasteiger partial charge in [-0.1, -0.05) is 36.7 Å². The van der Waals surface area contributed by atoms with Crippen molar-refractivity contribution in [2.45, 2.75) is 26.0 Å². The fourth-order valence-electron chi connectivity index (χ4n) is 1.97. The summed E-state index contributed by atoms with van der Waals surface area (Å²) in [6.07, 6.45) is 0.609. The highest BCUT2D eigenvalue weighted by Crippen LogP contribution is 2.36. The predicted octanol–water partition coefficient (Wildman–Crippen LogP) is 4.17. The van der Waals surface area contributed by atoms with Crippen molar-refractivity contribution in [1.29, 1.82) is 0 Å². The van der Waals surface area contributed by atoms with Crippen LogP contribution in [0.1, 0.15) is 30.5 Å². The molecule has 112 valence electrons. The Morgan fingerprint density at radius 3 is 2.76 bits per heavy atom. The van der Waals surface area contributed by atoms with Gasteiger partial charge in [-0.15, -0.1) is 0 Å².